The lowest BCUT2D eigenvalue weighted by Crippen LogP contribution is -2.54. The first-order valence-corrected chi connectivity index (χ1v) is 22.2. The predicted octanol–water partition coefficient (Wildman–Crippen LogP) is 7.47. The molecule has 1 unspecified atom stereocenters. The molecule has 5 amide bonds. The zero-order chi connectivity index (χ0) is 43.9. The van der Waals surface area contributed by atoms with Gasteiger partial charge in [-0.15, -0.1) is 11.3 Å². The number of benzene rings is 2. The molecule has 3 aliphatic heterocycles. The van der Waals surface area contributed by atoms with E-state index in [-0.39, 0.29) is 29.7 Å². The molecule has 0 bridgehead atoms. The van der Waals surface area contributed by atoms with Crippen molar-refractivity contribution < 1.29 is 42.3 Å². The predicted molar refractivity (Wildman–Crippen MR) is 227 cm³/mol. The van der Waals surface area contributed by atoms with Crippen LogP contribution in [0.15, 0.2) is 48.5 Å². The van der Waals surface area contributed by atoms with Crippen LogP contribution in [0.3, 0.4) is 0 Å². The lowest BCUT2D eigenvalue weighted by Gasteiger charge is -2.36. The second-order valence-electron chi connectivity index (χ2n) is 17.5. The summed E-state index contributed by atoms with van der Waals surface area (Å²) >= 11 is 1.54. The third kappa shape index (κ3) is 9.25. The second-order valence-corrected chi connectivity index (χ2v) is 18.6. The number of aromatic nitrogens is 2. The molecule has 4 aliphatic rings. The van der Waals surface area contributed by atoms with Gasteiger partial charge in [-0.25, -0.2) is 9.97 Å². The van der Waals surface area contributed by atoms with Crippen LogP contribution in [0.1, 0.15) is 131 Å². The van der Waals surface area contributed by atoms with Gasteiger partial charge in [-0.05, 0) is 133 Å². The number of carbonyl (C=O) groups is 5. The molecule has 13 nitrogen and oxygen atoms in total. The molecule has 1 saturated carbocycles. The van der Waals surface area contributed by atoms with Gasteiger partial charge in [-0.2, -0.15) is 13.2 Å². The highest BCUT2D eigenvalue weighted by atomic mass is 32.1. The van der Waals surface area contributed by atoms with Crippen LogP contribution in [0.2, 0.25) is 0 Å². The number of pyridine rings is 1. The minimum absolute atomic E-state index is 0.0743. The van der Waals surface area contributed by atoms with Gasteiger partial charge in [0.15, 0.2) is 0 Å². The number of anilines is 2. The van der Waals surface area contributed by atoms with Crippen molar-refractivity contribution in [3.63, 3.8) is 0 Å². The quantitative estimate of drug-likeness (QED) is 0.0827. The lowest BCUT2D eigenvalue weighted by molar-refractivity contribution is -0.141. The van der Waals surface area contributed by atoms with Crippen LogP contribution < -0.4 is 16.0 Å². The van der Waals surface area contributed by atoms with Gasteiger partial charge < -0.3 is 20.6 Å². The number of thiazole rings is 1. The Labute approximate surface area is 360 Å². The molecule has 0 spiro atoms. The Kier molecular flexibility index (Phi) is 12.2. The molecule has 2 aromatic heterocycles. The standard InChI is InChI=1S/C45H50F3N7O6S/c1-44(2,61)29-22-33-35(23-32(29)51-39(57)31-9-4-10-36(50-31)45(46,47)48)62-41(52-33)27-13-11-26(12-14-27)24-54-20-17-25(18-21-54)6-5-19-49-30-8-3-7-28-38(30)43(60)55(42(28)59)34-15-16-37(56)53-40(34)58/h3-4,7-10,22-23,25-27,34,49,61H,5-6,11-21,24H2,1-2H3,(H,51,57)(H,53,56,58). The van der Waals surface area contributed by atoms with E-state index in [1.54, 1.807) is 55.5 Å². The molecule has 1 atom stereocenters. The fourth-order valence-corrected chi connectivity index (χ4v) is 10.5. The van der Waals surface area contributed by atoms with Crippen molar-refractivity contribution in [3.05, 3.63) is 81.6 Å². The summed E-state index contributed by atoms with van der Waals surface area (Å²) in [6, 6.07) is 10.8. The molecule has 62 heavy (non-hydrogen) atoms. The van der Waals surface area contributed by atoms with E-state index in [9.17, 15) is 42.3 Å². The number of rotatable bonds is 12. The van der Waals surface area contributed by atoms with E-state index >= 15 is 0 Å². The Bertz CT molecular complexity index is 2400. The van der Waals surface area contributed by atoms with Crippen LogP contribution >= 0.6 is 11.3 Å². The van der Waals surface area contributed by atoms with Gasteiger partial charge in [0, 0.05) is 42.4 Å². The van der Waals surface area contributed by atoms with Crippen LogP contribution in [0.4, 0.5) is 24.5 Å². The molecule has 328 valence electrons. The maximum Gasteiger partial charge on any atom is 0.433 e. The third-order valence-electron chi connectivity index (χ3n) is 12.7. The molecule has 4 aromatic rings. The van der Waals surface area contributed by atoms with E-state index in [4.69, 9.17) is 4.98 Å². The maximum atomic E-state index is 13.4. The molecule has 5 heterocycles. The molecular weight excluding hydrogens is 824 g/mol. The minimum Gasteiger partial charge on any atom is -0.386 e. The van der Waals surface area contributed by atoms with Gasteiger partial charge in [-0.1, -0.05) is 12.1 Å². The van der Waals surface area contributed by atoms with Crippen LogP contribution in [-0.2, 0) is 21.4 Å². The molecule has 1 aliphatic carbocycles. The average Bonchev–Trinajstić information content (AvgIpc) is 3.77. The lowest BCUT2D eigenvalue weighted by atomic mass is 9.81. The number of carbonyl (C=O) groups excluding carboxylic acids is 5. The number of imide groups is 2. The second kappa shape index (κ2) is 17.5. The number of hydrogen-bond acceptors (Lipinski definition) is 11. The fourth-order valence-electron chi connectivity index (χ4n) is 9.37. The van der Waals surface area contributed by atoms with Gasteiger partial charge in [0.1, 0.15) is 17.4 Å². The summed E-state index contributed by atoms with van der Waals surface area (Å²) < 4.78 is 40.6. The number of aliphatic hydroxyl groups is 1. The monoisotopic (exact) mass is 873 g/mol. The maximum absolute atomic E-state index is 13.4. The summed E-state index contributed by atoms with van der Waals surface area (Å²) in [4.78, 5) is 75.8. The molecular formula is C45H50F3N7O6S. The topological polar surface area (TPSA) is 174 Å². The van der Waals surface area contributed by atoms with E-state index in [0.717, 1.165) is 97.7 Å². The third-order valence-corrected chi connectivity index (χ3v) is 13.9. The van der Waals surface area contributed by atoms with Crippen LogP contribution in [0.25, 0.3) is 10.2 Å². The Morgan fingerprint density at radius 1 is 0.903 bits per heavy atom. The SMILES string of the molecule is CC(C)(O)c1cc2nc(C3CCC(CN4CCC(CCCNc5cccc6c5C(=O)N(C5CCC(=O)NC5=O)C6=O)CC4)CC3)sc2cc1NC(=O)c1cccc(C(F)(F)F)n1. The number of alkyl halides is 3. The number of hydrogen-bond donors (Lipinski definition) is 4. The van der Waals surface area contributed by atoms with Crippen molar-refractivity contribution in [2.75, 3.05) is 36.8 Å². The normalized spacial score (nSPS) is 21.6. The minimum atomic E-state index is -4.69. The molecule has 4 N–H and O–H groups in total. The highest BCUT2D eigenvalue weighted by Crippen LogP contribution is 2.42. The smallest absolute Gasteiger partial charge is 0.386 e. The van der Waals surface area contributed by atoms with E-state index in [1.807, 2.05) is 0 Å². The Balaban J connectivity index is 0.792. The first kappa shape index (κ1) is 43.4. The van der Waals surface area contributed by atoms with Crippen LogP contribution in [0, 0.1) is 11.8 Å². The molecule has 17 heteroatoms. The summed E-state index contributed by atoms with van der Waals surface area (Å²) in [5, 5.41) is 20.3. The van der Waals surface area contributed by atoms with Gasteiger partial charge in [0.2, 0.25) is 11.8 Å². The van der Waals surface area contributed by atoms with Crippen molar-refractivity contribution >= 4 is 62.5 Å². The first-order chi connectivity index (χ1) is 29.5. The first-order valence-electron chi connectivity index (χ1n) is 21.4. The number of halogens is 3. The van der Waals surface area contributed by atoms with E-state index in [1.165, 1.54) is 6.07 Å². The Morgan fingerprint density at radius 3 is 2.35 bits per heavy atom. The Hall–Kier alpha value is -5.26. The largest absolute Gasteiger partial charge is 0.433 e. The number of amides is 5. The molecule has 2 aromatic carbocycles. The van der Waals surface area contributed by atoms with E-state index < -0.39 is 53.0 Å². The number of nitrogens with one attached hydrogen (secondary N) is 3. The number of fused-ring (bicyclic) bond motifs is 2. The highest BCUT2D eigenvalue weighted by Gasteiger charge is 2.45. The molecule has 3 fully saturated rings. The van der Waals surface area contributed by atoms with Crippen LogP contribution in [-0.4, -0.2) is 86.6 Å². The van der Waals surface area contributed by atoms with Crippen molar-refractivity contribution in [1.82, 2.24) is 25.1 Å². The Morgan fingerprint density at radius 2 is 1.65 bits per heavy atom. The van der Waals surface area contributed by atoms with Gasteiger partial charge in [0.05, 0.1) is 32.0 Å². The summed E-state index contributed by atoms with van der Waals surface area (Å²) in [6.07, 6.45) is 3.92. The number of nitrogens with zero attached hydrogens (tertiary/aromatic N) is 4. The van der Waals surface area contributed by atoms with Crippen molar-refractivity contribution in [1.29, 1.82) is 0 Å². The summed E-state index contributed by atoms with van der Waals surface area (Å²) in [5.41, 5.74) is -0.387. The van der Waals surface area contributed by atoms with Gasteiger partial charge in [-0.3, -0.25) is 34.2 Å². The highest BCUT2D eigenvalue weighted by molar-refractivity contribution is 7.18. The number of piperidine rings is 2. The van der Waals surface area contributed by atoms with Gasteiger partial charge in [0.25, 0.3) is 17.7 Å². The fraction of sp³-hybridized carbons (Fsp3) is 0.489. The van der Waals surface area contributed by atoms with Crippen LogP contribution in [0.5, 0.6) is 0 Å². The molecule has 0 radical (unpaired) electrons. The van der Waals surface area contributed by atoms with E-state index in [0.29, 0.717) is 46.8 Å². The van der Waals surface area contributed by atoms with Gasteiger partial charge >= 0.3 is 6.18 Å². The van der Waals surface area contributed by atoms with Crippen molar-refractivity contribution in [3.8, 4) is 0 Å². The average molecular weight is 874 g/mol. The van der Waals surface area contributed by atoms with Crippen molar-refractivity contribution in [2.24, 2.45) is 11.8 Å². The van der Waals surface area contributed by atoms with Crippen molar-refractivity contribution in [2.45, 2.75) is 102 Å². The van der Waals surface area contributed by atoms with E-state index in [2.05, 4.69) is 25.8 Å². The molecule has 2 saturated heterocycles. The molecule has 8 rings (SSSR count). The zero-order valence-corrected chi connectivity index (χ0v) is 35.5. The summed E-state index contributed by atoms with van der Waals surface area (Å²) in [6.45, 7) is 6.99. The number of likely N-dealkylation sites (tertiary alicyclic amines) is 1. The summed E-state index contributed by atoms with van der Waals surface area (Å²) in [5.74, 6) is -1.37. The zero-order valence-electron chi connectivity index (χ0n) is 34.6. The summed E-state index contributed by atoms with van der Waals surface area (Å²) in [7, 11) is 0.